The molecular weight excluding hydrogens is 418 g/mol. The number of nitrogens with zero attached hydrogens (tertiary/aromatic N) is 8. The van der Waals surface area contributed by atoms with E-state index in [1.165, 1.54) is 28.1 Å². The summed E-state index contributed by atoms with van der Waals surface area (Å²) in [5.74, 6) is 0.825. The fourth-order valence-corrected chi connectivity index (χ4v) is 4.01. The Hall–Kier alpha value is -3.76. The van der Waals surface area contributed by atoms with E-state index in [9.17, 15) is 13.6 Å². The lowest BCUT2D eigenvalue weighted by Gasteiger charge is -2.33. The molecule has 0 amide bonds. The Labute approximate surface area is 181 Å². The van der Waals surface area contributed by atoms with E-state index in [0.29, 0.717) is 36.8 Å². The molecule has 1 fully saturated rings. The van der Waals surface area contributed by atoms with Gasteiger partial charge in [0.25, 0.3) is 12.0 Å². The van der Waals surface area contributed by atoms with Crippen LogP contribution in [0.5, 0.6) is 0 Å². The second-order valence-electron chi connectivity index (χ2n) is 7.71. The minimum Gasteiger partial charge on any atom is -0.356 e. The molecule has 1 aliphatic heterocycles. The van der Waals surface area contributed by atoms with Crippen LogP contribution in [0.1, 0.15) is 25.1 Å². The van der Waals surface area contributed by atoms with Crippen LogP contribution in [-0.4, -0.2) is 47.6 Å². The highest BCUT2D eigenvalue weighted by molar-refractivity contribution is 5.89. The molecule has 0 radical (unpaired) electrons. The van der Waals surface area contributed by atoms with Gasteiger partial charge in [0.05, 0.1) is 5.52 Å². The van der Waals surface area contributed by atoms with Gasteiger partial charge in [0.1, 0.15) is 18.5 Å². The second-order valence-corrected chi connectivity index (χ2v) is 7.71. The summed E-state index contributed by atoms with van der Waals surface area (Å²) >= 11 is 0. The van der Waals surface area contributed by atoms with Crippen LogP contribution >= 0.6 is 0 Å². The maximum absolute atomic E-state index is 13.3. The van der Waals surface area contributed by atoms with Gasteiger partial charge in [-0.3, -0.25) is 4.79 Å². The normalized spacial score (nSPS) is 15.0. The standard InChI is InChI=1S/C21H20F2N8O/c22-19(23)20-26-16-4-2-1-3-15(16)21(27-20)29-9-7-14(8-10-29)11-30-18(32)6-5-17(28-30)31-13-24-12-25-31/h1-6,12-14,19H,7-11H2. The molecule has 1 aromatic carbocycles. The SMILES string of the molecule is O=c1ccc(-n2cncn2)nn1CC1CCN(c2nc(C(F)F)nc3ccccc23)CC1. The van der Waals surface area contributed by atoms with Crippen LogP contribution in [0.25, 0.3) is 16.7 Å². The molecule has 164 valence electrons. The molecule has 0 unspecified atom stereocenters. The summed E-state index contributed by atoms with van der Waals surface area (Å²) in [7, 11) is 0. The Balaban J connectivity index is 1.33. The summed E-state index contributed by atoms with van der Waals surface area (Å²) in [4.78, 5) is 26.4. The zero-order valence-electron chi connectivity index (χ0n) is 17.1. The number of fused-ring (bicyclic) bond motifs is 1. The first kappa shape index (κ1) is 20.2. The number of rotatable bonds is 5. The Morgan fingerprint density at radius 1 is 1.06 bits per heavy atom. The van der Waals surface area contributed by atoms with Gasteiger partial charge >= 0.3 is 0 Å². The molecule has 9 nitrogen and oxygen atoms in total. The van der Waals surface area contributed by atoms with E-state index in [-0.39, 0.29) is 11.5 Å². The lowest BCUT2D eigenvalue weighted by molar-refractivity contribution is 0.141. The van der Waals surface area contributed by atoms with Gasteiger partial charge in [-0.1, -0.05) is 12.1 Å². The summed E-state index contributed by atoms with van der Waals surface area (Å²) in [6.07, 6.45) is 1.76. The summed E-state index contributed by atoms with van der Waals surface area (Å²) in [5.41, 5.74) is 0.329. The van der Waals surface area contributed by atoms with E-state index >= 15 is 0 Å². The maximum Gasteiger partial charge on any atom is 0.297 e. The van der Waals surface area contributed by atoms with Crippen LogP contribution in [0.15, 0.2) is 53.8 Å². The molecular formula is C21H20F2N8O. The third-order valence-electron chi connectivity index (χ3n) is 5.65. The average Bonchev–Trinajstić information content (AvgIpc) is 3.35. The molecule has 1 aliphatic rings. The molecule has 4 heterocycles. The van der Waals surface area contributed by atoms with Gasteiger partial charge in [-0.25, -0.2) is 33.1 Å². The number of anilines is 1. The predicted molar refractivity (Wildman–Crippen MR) is 113 cm³/mol. The first-order valence-corrected chi connectivity index (χ1v) is 10.3. The van der Waals surface area contributed by atoms with E-state index in [1.54, 1.807) is 18.2 Å². The fourth-order valence-electron chi connectivity index (χ4n) is 4.01. The van der Waals surface area contributed by atoms with Gasteiger partial charge in [-0.05, 0) is 37.0 Å². The van der Waals surface area contributed by atoms with E-state index in [1.807, 2.05) is 17.0 Å². The van der Waals surface area contributed by atoms with Gasteiger partial charge in [0, 0.05) is 31.1 Å². The molecule has 0 aliphatic carbocycles. The van der Waals surface area contributed by atoms with Gasteiger partial charge in [-0.15, -0.1) is 5.10 Å². The van der Waals surface area contributed by atoms with Crippen molar-refractivity contribution in [2.75, 3.05) is 18.0 Å². The number of para-hydroxylation sites is 1. The third-order valence-corrected chi connectivity index (χ3v) is 5.65. The summed E-state index contributed by atoms with van der Waals surface area (Å²) < 4.78 is 29.6. The molecule has 0 saturated carbocycles. The van der Waals surface area contributed by atoms with Crippen molar-refractivity contribution in [1.82, 2.24) is 34.5 Å². The Kier molecular flexibility index (Phi) is 5.29. The van der Waals surface area contributed by atoms with Crippen molar-refractivity contribution in [1.29, 1.82) is 0 Å². The Morgan fingerprint density at radius 2 is 1.88 bits per heavy atom. The molecule has 0 bridgehead atoms. The first-order chi connectivity index (χ1) is 15.6. The molecule has 4 aromatic rings. The monoisotopic (exact) mass is 438 g/mol. The number of hydrogen-bond acceptors (Lipinski definition) is 7. The summed E-state index contributed by atoms with van der Waals surface area (Å²) in [5, 5.41) is 9.21. The van der Waals surface area contributed by atoms with Crippen molar-refractivity contribution in [3.63, 3.8) is 0 Å². The molecule has 11 heteroatoms. The smallest absolute Gasteiger partial charge is 0.297 e. The largest absolute Gasteiger partial charge is 0.356 e. The van der Waals surface area contributed by atoms with E-state index < -0.39 is 12.2 Å². The minimum atomic E-state index is -2.73. The number of halogens is 2. The number of alkyl halides is 2. The first-order valence-electron chi connectivity index (χ1n) is 10.3. The Morgan fingerprint density at radius 3 is 2.62 bits per heavy atom. The molecule has 1 saturated heterocycles. The van der Waals surface area contributed by atoms with E-state index in [4.69, 9.17) is 0 Å². The van der Waals surface area contributed by atoms with Crippen LogP contribution < -0.4 is 10.5 Å². The van der Waals surface area contributed by atoms with Crippen molar-refractivity contribution in [2.24, 2.45) is 5.92 Å². The molecule has 0 atom stereocenters. The summed E-state index contributed by atoms with van der Waals surface area (Å²) in [6, 6.07) is 10.3. The number of hydrogen-bond donors (Lipinski definition) is 0. The zero-order valence-corrected chi connectivity index (χ0v) is 17.1. The van der Waals surface area contributed by atoms with Crippen molar-refractivity contribution < 1.29 is 8.78 Å². The van der Waals surface area contributed by atoms with Crippen LogP contribution in [0, 0.1) is 5.92 Å². The third kappa shape index (κ3) is 3.93. The fraction of sp³-hybridized carbons (Fsp3) is 0.333. The van der Waals surface area contributed by atoms with Crippen molar-refractivity contribution in [2.45, 2.75) is 25.8 Å². The quantitative estimate of drug-likeness (QED) is 0.473. The lowest BCUT2D eigenvalue weighted by Crippen LogP contribution is -2.37. The average molecular weight is 438 g/mol. The van der Waals surface area contributed by atoms with Crippen LogP contribution in [0.4, 0.5) is 14.6 Å². The molecule has 0 spiro atoms. The zero-order chi connectivity index (χ0) is 22.1. The molecule has 5 rings (SSSR count). The molecule has 3 aromatic heterocycles. The number of piperidine rings is 1. The van der Waals surface area contributed by atoms with Crippen molar-refractivity contribution >= 4 is 16.7 Å². The minimum absolute atomic E-state index is 0.181. The van der Waals surface area contributed by atoms with Crippen molar-refractivity contribution in [3.05, 3.63) is 65.2 Å². The highest BCUT2D eigenvalue weighted by Gasteiger charge is 2.24. The second kappa shape index (κ2) is 8.40. The summed E-state index contributed by atoms with van der Waals surface area (Å²) in [6.45, 7) is 1.76. The topological polar surface area (TPSA) is 94.6 Å². The predicted octanol–water partition coefficient (Wildman–Crippen LogP) is 2.62. The van der Waals surface area contributed by atoms with Gasteiger partial charge in [0.2, 0.25) is 0 Å². The lowest BCUT2D eigenvalue weighted by atomic mass is 9.96. The van der Waals surface area contributed by atoms with Gasteiger partial charge in [-0.2, -0.15) is 5.10 Å². The maximum atomic E-state index is 13.3. The van der Waals surface area contributed by atoms with Crippen LogP contribution in [0.2, 0.25) is 0 Å². The van der Waals surface area contributed by atoms with Crippen LogP contribution in [-0.2, 0) is 6.54 Å². The van der Waals surface area contributed by atoms with E-state index in [2.05, 4.69) is 25.1 Å². The highest BCUT2D eigenvalue weighted by Crippen LogP contribution is 2.30. The van der Waals surface area contributed by atoms with Crippen molar-refractivity contribution in [3.8, 4) is 5.82 Å². The highest BCUT2D eigenvalue weighted by atomic mass is 19.3. The van der Waals surface area contributed by atoms with Gasteiger partial charge < -0.3 is 4.90 Å². The van der Waals surface area contributed by atoms with E-state index in [0.717, 1.165) is 18.2 Å². The molecule has 32 heavy (non-hydrogen) atoms. The Bertz CT molecular complexity index is 1280. The van der Waals surface area contributed by atoms with Crippen LogP contribution in [0.3, 0.4) is 0 Å². The van der Waals surface area contributed by atoms with Gasteiger partial charge in [0.15, 0.2) is 11.6 Å². The molecule has 0 N–H and O–H groups in total. The number of aromatic nitrogens is 7. The number of benzene rings is 1.